The number of nitrogens with zero attached hydrogens (tertiary/aromatic N) is 4. The first-order valence-electron chi connectivity index (χ1n) is 8.00. The maximum absolute atomic E-state index is 11.9. The van der Waals surface area contributed by atoms with Gasteiger partial charge in [-0.15, -0.1) is 5.10 Å². The molecule has 1 saturated heterocycles. The lowest BCUT2D eigenvalue weighted by Gasteiger charge is -2.29. The minimum atomic E-state index is -0.439. The van der Waals surface area contributed by atoms with Crippen LogP contribution in [0.5, 0.6) is 0 Å². The van der Waals surface area contributed by atoms with Crippen molar-refractivity contribution in [3.63, 3.8) is 0 Å². The Kier molecular flexibility index (Phi) is 4.43. The molecule has 0 spiro atoms. The zero-order valence-corrected chi connectivity index (χ0v) is 13.5. The van der Waals surface area contributed by atoms with E-state index in [1.807, 2.05) is 18.3 Å². The van der Waals surface area contributed by atoms with Gasteiger partial charge in [-0.25, -0.2) is 4.68 Å². The van der Waals surface area contributed by atoms with Crippen molar-refractivity contribution < 1.29 is 9.90 Å². The highest BCUT2D eigenvalue weighted by atomic mass is 16.3. The molecule has 6 nitrogen and oxygen atoms in total. The Morgan fingerprint density at radius 1 is 1.30 bits per heavy atom. The molecule has 1 N–H and O–H groups in total. The Morgan fingerprint density at radius 3 is 2.74 bits per heavy atom. The maximum Gasteiger partial charge on any atom is 0.223 e. The van der Waals surface area contributed by atoms with Crippen LogP contribution in [0.4, 0.5) is 0 Å². The molecule has 0 saturated carbocycles. The fourth-order valence-corrected chi connectivity index (χ4v) is 2.75. The summed E-state index contributed by atoms with van der Waals surface area (Å²) < 4.78 is 1.71. The van der Waals surface area contributed by atoms with Gasteiger partial charge in [0.15, 0.2) is 0 Å². The molecule has 0 bridgehead atoms. The third kappa shape index (κ3) is 3.59. The fourth-order valence-electron chi connectivity index (χ4n) is 2.75. The standard InChI is InChI=1S/C17H22N4O2/c1-12(2)13-3-5-15(6-4-13)21-10-14(18-19-21)9-20-11-16(22)7-8-17(20)23/h3-6,10,12,16,22H,7-9,11H2,1-2H3. The van der Waals surface area contributed by atoms with E-state index in [1.54, 1.807) is 9.58 Å². The quantitative estimate of drug-likeness (QED) is 0.935. The normalized spacial score (nSPS) is 18.7. The van der Waals surface area contributed by atoms with E-state index in [0.29, 0.717) is 31.8 Å². The first-order chi connectivity index (χ1) is 11.0. The SMILES string of the molecule is CC(C)c1ccc(-n2cc(CN3CC(O)CCC3=O)nn2)cc1. The molecule has 0 radical (unpaired) electrons. The number of aliphatic hydroxyl groups is 1. The largest absolute Gasteiger partial charge is 0.391 e. The molecule has 6 heteroatoms. The highest BCUT2D eigenvalue weighted by molar-refractivity contribution is 5.77. The van der Waals surface area contributed by atoms with E-state index in [2.05, 4.69) is 36.3 Å². The Labute approximate surface area is 135 Å². The molecule has 1 aromatic heterocycles. The molecule has 3 rings (SSSR count). The van der Waals surface area contributed by atoms with Gasteiger partial charge in [0, 0.05) is 13.0 Å². The summed E-state index contributed by atoms with van der Waals surface area (Å²) in [6.07, 6.45) is 2.33. The van der Waals surface area contributed by atoms with Gasteiger partial charge in [0.05, 0.1) is 24.5 Å². The predicted molar refractivity (Wildman–Crippen MR) is 86.1 cm³/mol. The average molecular weight is 314 g/mol. The molecule has 1 aromatic carbocycles. The van der Waals surface area contributed by atoms with Crippen LogP contribution in [-0.2, 0) is 11.3 Å². The Bertz CT molecular complexity index is 678. The second kappa shape index (κ2) is 6.50. The molecule has 0 aliphatic carbocycles. The number of likely N-dealkylation sites (tertiary alicyclic amines) is 1. The second-order valence-corrected chi connectivity index (χ2v) is 6.37. The molecule has 1 fully saturated rings. The summed E-state index contributed by atoms with van der Waals surface area (Å²) in [5.41, 5.74) is 2.94. The van der Waals surface area contributed by atoms with Gasteiger partial charge in [-0.2, -0.15) is 0 Å². The van der Waals surface area contributed by atoms with Crippen molar-refractivity contribution in [1.29, 1.82) is 0 Å². The van der Waals surface area contributed by atoms with Gasteiger partial charge >= 0.3 is 0 Å². The molecular formula is C17H22N4O2. The van der Waals surface area contributed by atoms with E-state index in [1.165, 1.54) is 5.56 Å². The van der Waals surface area contributed by atoms with Crippen molar-refractivity contribution in [1.82, 2.24) is 19.9 Å². The van der Waals surface area contributed by atoms with Crippen molar-refractivity contribution in [3.05, 3.63) is 41.7 Å². The van der Waals surface area contributed by atoms with Crippen molar-refractivity contribution in [2.75, 3.05) is 6.54 Å². The Hall–Kier alpha value is -2.21. The molecule has 2 heterocycles. The molecule has 1 aliphatic heterocycles. The number of aromatic nitrogens is 3. The molecule has 23 heavy (non-hydrogen) atoms. The van der Waals surface area contributed by atoms with E-state index in [-0.39, 0.29) is 5.91 Å². The van der Waals surface area contributed by atoms with Crippen LogP contribution < -0.4 is 0 Å². The van der Waals surface area contributed by atoms with Gasteiger partial charge in [-0.05, 0) is 30.0 Å². The smallest absolute Gasteiger partial charge is 0.223 e. The molecule has 1 unspecified atom stereocenters. The van der Waals surface area contributed by atoms with Crippen LogP contribution in [0, 0.1) is 0 Å². The zero-order chi connectivity index (χ0) is 16.4. The molecular weight excluding hydrogens is 292 g/mol. The van der Waals surface area contributed by atoms with Crippen molar-refractivity contribution >= 4 is 5.91 Å². The first kappa shape index (κ1) is 15.7. The van der Waals surface area contributed by atoms with Crippen LogP contribution >= 0.6 is 0 Å². The highest BCUT2D eigenvalue weighted by Gasteiger charge is 2.24. The molecule has 1 amide bonds. The Morgan fingerprint density at radius 2 is 2.04 bits per heavy atom. The van der Waals surface area contributed by atoms with Crippen LogP contribution in [0.3, 0.4) is 0 Å². The summed E-state index contributed by atoms with van der Waals surface area (Å²) in [7, 11) is 0. The number of piperidine rings is 1. The minimum absolute atomic E-state index is 0.0612. The van der Waals surface area contributed by atoms with Gasteiger partial charge in [-0.3, -0.25) is 4.79 Å². The van der Waals surface area contributed by atoms with E-state index >= 15 is 0 Å². The second-order valence-electron chi connectivity index (χ2n) is 6.37. The summed E-state index contributed by atoms with van der Waals surface area (Å²) in [6, 6.07) is 8.21. The third-order valence-electron chi connectivity index (χ3n) is 4.19. The number of amides is 1. The predicted octanol–water partition coefficient (Wildman–Crippen LogP) is 1.87. The number of benzene rings is 1. The third-order valence-corrected chi connectivity index (χ3v) is 4.19. The first-order valence-corrected chi connectivity index (χ1v) is 8.00. The topological polar surface area (TPSA) is 71.2 Å². The van der Waals surface area contributed by atoms with E-state index in [0.717, 1.165) is 11.4 Å². The van der Waals surface area contributed by atoms with E-state index in [4.69, 9.17) is 0 Å². The summed E-state index contributed by atoms with van der Waals surface area (Å²) >= 11 is 0. The van der Waals surface area contributed by atoms with E-state index < -0.39 is 6.10 Å². The molecule has 1 atom stereocenters. The van der Waals surface area contributed by atoms with Crippen molar-refractivity contribution in [2.45, 2.75) is 45.3 Å². The molecule has 122 valence electrons. The van der Waals surface area contributed by atoms with E-state index in [9.17, 15) is 9.90 Å². The van der Waals surface area contributed by atoms with Crippen LogP contribution in [0.1, 0.15) is 43.9 Å². The van der Waals surface area contributed by atoms with Gasteiger partial charge < -0.3 is 10.0 Å². The number of β-amino-alcohol motifs (C(OH)–C–C–N with tert-alkyl or cyclic N) is 1. The lowest BCUT2D eigenvalue weighted by Crippen LogP contribution is -2.41. The van der Waals surface area contributed by atoms with Crippen LogP contribution in [0.15, 0.2) is 30.5 Å². The minimum Gasteiger partial charge on any atom is -0.391 e. The summed E-state index contributed by atoms with van der Waals surface area (Å²) in [6.45, 7) is 5.08. The van der Waals surface area contributed by atoms with Gasteiger partial charge in [0.2, 0.25) is 5.91 Å². The van der Waals surface area contributed by atoms with Gasteiger partial charge in [-0.1, -0.05) is 31.2 Å². The lowest BCUT2D eigenvalue weighted by molar-refractivity contribution is -0.137. The lowest BCUT2D eigenvalue weighted by atomic mass is 10.0. The summed E-state index contributed by atoms with van der Waals surface area (Å²) in [5.74, 6) is 0.554. The number of carbonyl (C=O) groups is 1. The van der Waals surface area contributed by atoms with Crippen LogP contribution in [0.2, 0.25) is 0 Å². The maximum atomic E-state index is 11.9. The van der Waals surface area contributed by atoms with Gasteiger partial charge in [0.25, 0.3) is 0 Å². The molecule has 1 aliphatic rings. The number of carbonyl (C=O) groups excluding carboxylic acids is 1. The fraction of sp³-hybridized carbons (Fsp3) is 0.471. The highest BCUT2D eigenvalue weighted by Crippen LogP contribution is 2.17. The zero-order valence-electron chi connectivity index (χ0n) is 13.5. The number of hydrogen-bond donors (Lipinski definition) is 1. The average Bonchev–Trinajstić information content (AvgIpc) is 2.99. The Balaban J connectivity index is 1.71. The number of hydrogen-bond acceptors (Lipinski definition) is 4. The monoisotopic (exact) mass is 314 g/mol. The van der Waals surface area contributed by atoms with Crippen LogP contribution in [0.25, 0.3) is 5.69 Å². The van der Waals surface area contributed by atoms with Crippen molar-refractivity contribution in [3.8, 4) is 5.69 Å². The number of aliphatic hydroxyl groups excluding tert-OH is 1. The number of rotatable bonds is 4. The summed E-state index contributed by atoms with van der Waals surface area (Å²) in [4.78, 5) is 13.5. The molecule has 2 aromatic rings. The van der Waals surface area contributed by atoms with Gasteiger partial charge in [0.1, 0.15) is 5.69 Å². The van der Waals surface area contributed by atoms with Crippen molar-refractivity contribution in [2.24, 2.45) is 0 Å². The van der Waals surface area contributed by atoms with Crippen LogP contribution in [-0.4, -0.2) is 43.6 Å². The summed E-state index contributed by atoms with van der Waals surface area (Å²) in [5, 5.41) is 18.0.